The summed E-state index contributed by atoms with van der Waals surface area (Å²) < 4.78 is 15.1. The summed E-state index contributed by atoms with van der Waals surface area (Å²) in [7, 11) is 2.02. The highest BCUT2D eigenvalue weighted by Gasteiger charge is 2.20. The summed E-state index contributed by atoms with van der Waals surface area (Å²) in [4.78, 5) is 7.33. The summed E-state index contributed by atoms with van der Waals surface area (Å²) >= 11 is 0. The first kappa shape index (κ1) is 26.6. The van der Waals surface area contributed by atoms with Gasteiger partial charge in [-0.15, -0.1) is 24.0 Å². The second kappa shape index (κ2) is 13.1. The molecule has 2 N–H and O–H groups in total. The molecule has 1 aliphatic rings. The molecule has 8 heteroatoms. The van der Waals surface area contributed by atoms with Crippen LogP contribution in [0.5, 0.6) is 0 Å². The van der Waals surface area contributed by atoms with Crippen molar-refractivity contribution in [2.75, 3.05) is 19.6 Å². The quantitative estimate of drug-likeness (QED) is 0.293. The molecule has 0 spiro atoms. The van der Waals surface area contributed by atoms with Gasteiger partial charge in [0.15, 0.2) is 5.96 Å². The zero-order chi connectivity index (χ0) is 22.2. The molecule has 32 heavy (non-hydrogen) atoms. The summed E-state index contributed by atoms with van der Waals surface area (Å²) in [6.45, 7) is 10.8. The van der Waals surface area contributed by atoms with E-state index in [1.54, 1.807) is 12.1 Å². The molecule has 6 nitrogen and oxygen atoms in total. The van der Waals surface area contributed by atoms with Crippen molar-refractivity contribution in [1.29, 1.82) is 0 Å². The van der Waals surface area contributed by atoms with Crippen LogP contribution in [0.15, 0.2) is 29.3 Å². The number of aromatic nitrogens is 2. The molecule has 0 unspecified atom stereocenters. The molecule has 1 aromatic heterocycles. The lowest BCUT2D eigenvalue weighted by Gasteiger charge is -2.33. The van der Waals surface area contributed by atoms with Crippen molar-refractivity contribution in [2.45, 2.75) is 65.6 Å². The first-order chi connectivity index (χ1) is 15.0. The molecule has 1 aromatic carbocycles. The molecule has 178 valence electrons. The van der Waals surface area contributed by atoms with Gasteiger partial charge >= 0.3 is 0 Å². The van der Waals surface area contributed by atoms with E-state index in [9.17, 15) is 4.39 Å². The number of likely N-dealkylation sites (tertiary alicyclic amines) is 1. The Hall–Kier alpha value is -1.68. The Labute approximate surface area is 209 Å². The lowest BCUT2D eigenvalue weighted by atomic mass is 10.0. The maximum Gasteiger partial charge on any atom is 0.191 e. The average molecular weight is 557 g/mol. The molecule has 0 atom stereocenters. The molecule has 2 aromatic rings. The van der Waals surface area contributed by atoms with Gasteiger partial charge in [-0.2, -0.15) is 5.10 Å². The van der Waals surface area contributed by atoms with Gasteiger partial charge in [0.25, 0.3) is 0 Å². The number of halogens is 2. The van der Waals surface area contributed by atoms with Crippen LogP contribution in [-0.2, 0) is 33.0 Å². The molecule has 0 saturated carbocycles. The van der Waals surface area contributed by atoms with Crippen molar-refractivity contribution in [1.82, 2.24) is 25.3 Å². The van der Waals surface area contributed by atoms with E-state index in [4.69, 9.17) is 4.99 Å². The van der Waals surface area contributed by atoms with E-state index < -0.39 is 0 Å². The van der Waals surface area contributed by atoms with Crippen LogP contribution < -0.4 is 10.6 Å². The molecule has 1 saturated heterocycles. The molecular weight excluding hydrogens is 518 g/mol. The zero-order valence-corrected chi connectivity index (χ0v) is 22.2. The third kappa shape index (κ3) is 7.16. The molecule has 2 heterocycles. The van der Waals surface area contributed by atoms with E-state index in [1.165, 1.54) is 11.3 Å². The van der Waals surface area contributed by atoms with Gasteiger partial charge in [0.2, 0.25) is 0 Å². The minimum atomic E-state index is -0.176. The normalized spacial score (nSPS) is 15.5. The summed E-state index contributed by atoms with van der Waals surface area (Å²) in [5.74, 6) is 0.706. The van der Waals surface area contributed by atoms with Gasteiger partial charge < -0.3 is 10.6 Å². The number of hydrogen-bond acceptors (Lipinski definition) is 3. The highest BCUT2D eigenvalue weighted by molar-refractivity contribution is 14.0. The summed E-state index contributed by atoms with van der Waals surface area (Å²) in [5, 5.41) is 11.7. The van der Waals surface area contributed by atoms with E-state index in [0.717, 1.165) is 69.1 Å². The fourth-order valence-electron chi connectivity index (χ4n) is 4.33. The highest BCUT2D eigenvalue weighted by Crippen LogP contribution is 2.17. The first-order valence-electron chi connectivity index (χ1n) is 11.6. The third-order valence-corrected chi connectivity index (χ3v) is 6.02. The average Bonchev–Trinajstić information content (AvgIpc) is 3.09. The maximum absolute atomic E-state index is 13.1. The number of guanidine groups is 1. The van der Waals surface area contributed by atoms with E-state index in [2.05, 4.69) is 41.4 Å². The summed E-state index contributed by atoms with van der Waals surface area (Å²) in [6, 6.07) is 7.25. The van der Waals surface area contributed by atoms with Gasteiger partial charge in [-0.25, -0.2) is 9.38 Å². The van der Waals surface area contributed by atoms with Crippen molar-refractivity contribution in [3.05, 3.63) is 52.6 Å². The van der Waals surface area contributed by atoms with Crippen molar-refractivity contribution < 1.29 is 4.39 Å². The van der Waals surface area contributed by atoms with E-state index in [1.807, 2.05) is 23.9 Å². The Bertz CT molecular complexity index is 856. The van der Waals surface area contributed by atoms with Crippen molar-refractivity contribution >= 4 is 29.9 Å². The van der Waals surface area contributed by atoms with Gasteiger partial charge in [-0.1, -0.05) is 26.0 Å². The van der Waals surface area contributed by atoms with Crippen molar-refractivity contribution in [3.8, 4) is 0 Å². The number of nitrogens with zero attached hydrogens (tertiary/aromatic N) is 4. The summed E-state index contributed by atoms with van der Waals surface area (Å²) in [6.07, 6.45) is 4.03. The van der Waals surface area contributed by atoms with Gasteiger partial charge in [0, 0.05) is 50.5 Å². The molecule has 0 radical (unpaired) electrons. The molecule has 0 aliphatic carbocycles. The van der Waals surface area contributed by atoms with Crippen LogP contribution >= 0.6 is 24.0 Å². The zero-order valence-electron chi connectivity index (χ0n) is 19.8. The van der Waals surface area contributed by atoms with Crippen molar-refractivity contribution in [2.24, 2.45) is 12.0 Å². The second-order valence-electron chi connectivity index (χ2n) is 8.22. The third-order valence-electron chi connectivity index (χ3n) is 6.02. The van der Waals surface area contributed by atoms with Crippen LogP contribution in [0.2, 0.25) is 0 Å². The van der Waals surface area contributed by atoms with Crippen LogP contribution in [-0.4, -0.2) is 46.3 Å². The summed E-state index contributed by atoms with van der Waals surface area (Å²) in [5.41, 5.74) is 4.84. The van der Waals surface area contributed by atoms with E-state index >= 15 is 0 Å². The van der Waals surface area contributed by atoms with E-state index in [-0.39, 0.29) is 29.8 Å². The lowest BCUT2D eigenvalue weighted by molar-refractivity contribution is 0.198. The van der Waals surface area contributed by atoms with Crippen LogP contribution in [0.25, 0.3) is 0 Å². The van der Waals surface area contributed by atoms with E-state index in [0.29, 0.717) is 12.6 Å². The largest absolute Gasteiger partial charge is 0.357 e. The molecule has 1 fully saturated rings. The molecule has 3 rings (SSSR count). The number of aliphatic imine (C=N–C) groups is 1. The maximum atomic E-state index is 13.1. The Morgan fingerprint density at radius 2 is 1.81 bits per heavy atom. The minimum absolute atomic E-state index is 0. The first-order valence-corrected chi connectivity index (χ1v) is 11.6. The highest BCUT2D eigenvalue weighted by atomic mass is 127. The van der Waals surface area contributed by atoms with Crippen molar-refractivity contribution in [3.63, 3.8) is 0 Å². The fraction of sp³-hybridized carbons (Fsp3) is 0.583. The second-order valence-corrected chi connectivity index (χ2v) is 8.22. The van der Waals surface area contributed by atoms with Crippen LogP contribution in [0, 0.1) is 5.82 Å². The van der Waals surface area contributed by atoms with Gasteiger partial charge in [-0.05, 0) is 50.3 Å². The molecule has 0 bridgehead atoms. The smallest absolute Gasteiger partial charge is 0.191 e. The Kier molecular flexibility index (Phi) is 10.9. The minimum Gasteiger partial charge on any atom is -0.357 e. The van der Waals surface area contributed by atoms with Gasteiger partial charge in [-0.3, -0.25) is 9.58 Å². The fourth-order valence-corrected chi connectivity index (χ4v) is 4.33. The van der Waals surface area contributed by atoms with Crippen LogP contribution in [0.3, 0.4) is 0 Å². The number of rotatable bonds is 8. The SMILES string of the molecule is CCNC(=NCc1c(CC)nn(C)c1CC)NC1CCN(Cc2ccc(F)cc2)CC1.I. The standard InChI is InChI=1S/C24H37FN6.HI/c1-5-22-21(23(6-2)30(4)29-22)16-27-24(26-7-3)28-20-12-14-31(15-13-20)17-18-8-10-19(25)11-9-18;/h8-11,20H,5-7,12-17H2,1-4H3,(H2,26,27,28);1H. The Balaban J connectivity index is 0.00000363. The Morgan fingerprint density at radius 1 is 1.12 bits per heavy atom. The Morgan fingerprint density at radius 3 is 2.41 bits per heavy atom. The number of aryl methyl sites for hydroxylation is 2. The molecular formula is C24H38FIN6. The van der Waals surface area contributed by atoms with Crippen LogP contribution in [0.1, 0.15) is 56.1 Å². The number of nitrogens with one attached hydrogen (secondary N) is 2. The van der Waals surface area contributed by atoms with Crippen LogP contribution in [0.4, 0.5) is 4.39 Å². The number of hydrogen-bond donors (Lipinski definition) is 2. The topological polar surface area (TPSA) is 57.5 Å². The number of benzene rings is 1. The van der Waals surface area contributed by atoms with Gasteiger partial charge in [0.05, 0.1) is 12.2 Å². The predicted octanol–water partition coefficient (Wildman–Crippen LogP) is 4.02. The molecule has 0 amide bonds. The molecule has 1 aliphatic heterocycles. The monoisotopic (exact) mass is 556 g/mol. The number of piperidine rings is 1. The van der Waals surface area contributed by atoms with Gasteiger partial charge in [0.1, 0.15) is 5.82 Å². The predicted molar refractivity (Wildman–Crippen MR) is 140 cm³/mol. The lowest BCUT2D eigenvalue weighted by Crippen LogP contribution is -2.48.